The molecule has 0 saturated heterocycles. The third kappa shape index (κ3) is 2.10. The van der Waals surface area contributed by atoms with E-state index < -0.39 is 0 Å². The van der Waals surface area contributed by atoms with E-state index in [9.17, 15) is 0 Å². The van der Waals surface area contributed by atoms with Crippen LogP contribution in [0.4, 0.5) is 11.6 Å². The maximum absolute atomic E-state index is 5.68. The lowest BCUT2D eigenvalue weighted by atomic mass is 10.3. The average molecular weight is 218 g/mol. The van der Waals surface area contributed by atoms with Gasteiger partial charge in [0.05, 0.1) is 12.2 Å². The van der Waals surface area contributed by atoms with E-state index in [2.05, 4.69) is 20.4 Å². The van der Waals surface area contributed by atoms with Gasteiger partial charge >= 0.3 is 0 Å². The number of aromatic nitrogens is 4. The first-order valence-corrected chi connectivity index (χ1v) is 4.96. The van der Waals surface area contributed by atoms with Crippen LogP contribution in [0.15, 0.2) is 18.6 Å². The van der Waals surface area contributed by atoms with Crippen molar-refractivity contribution in [3.8, 4) is 0 Å². The molecule has 6 heteroatoms. The van der Waals surface area contributed by atoms with Gasteiger partial charge in [-0.05, 0) is 13.0 Å². The lowest BCUT2D eigenvalue weighted by Gasteiger charge is -2.07. The Kier molecular flexibility index (Phi) is 2.72. The Morgan fingerprint density at radius 1 is 1.44 bits per heavy atom. The summed E-state index contributed by atoms with van der Waals surface area (Å²) in [7, 11) is 1.89. The third-order valence-electron chi connectivity index (χ3n) is 2.33. The van der Waals surface area contributed by atoms with Crippen LogP contribution in [-0.4, -0.2) is 19.7 Å². The molecule has 6 nitrogen and oxygen atoms in total. The van der Waals surface area contributed by atoms with Crippen LogP contribution in [0.25, 0.3) is 0 Å². The summed E-state index contributed by atoms with van der Waals surface area (Å²) in [5.74, 6) is 1.25. The quantitative estimate of drug-likeness (QED) is 0.793. The van der Waals surface area contributed by atoms with Gasteiger partial charge in [0.1, 0.15) is 18.0 Å². The smallest absolute Gasteiger partial charge is 0.134 e. The predicted molar refractivity (Wildman–Crippen MR) is 61.7 cm³/mol. The molecule has 0 aliphatic carbocycles. The van der Waals surface area contributed by atoms with E-state index >= 15 is 0 Å². The number of hydrogen-bond donors (Lipinski definition) is 2. The number of nitrogens with two attached hydrogens (primary N) is 1. The highest BCUT2D eigenvalue weighted by Gasteiger charge is 2.04. The van der Waals surface area contributed by atoms with Crippen LogP contribution in [0.2, 0.25) is 0 Å². The Morgan fingerprint density at radius 2 is 2.25 bits per heavy atom. The monoisotopic (exact) mass is 218 g/mol. The first-order valence-electron chi connectivity index (χ1n) is 4.96. The molecule has 0 aliphatic heterocycles. The second-order valence-electron chi connectivity index (χ2n) is 3.57. The molecule has 0 bridgehead atoms. The summed E-state index contributed by atoms with van der Waals surface area (Å²) in [5, 5.41) is 7.43. The fourth-order valence-corrected chi connectivity index (χ4v) is 1.37. The molecule has 0 fully saturated rings. The van der Waals surface area contributed by atoms with Gasteiger partial charge in [0.2, 0.25) is 0 Å². The highest BCUT2D eigenvalue weighted by atomic mass is 15.3. The minimum atomic E-state index is 0.499. The number of nitrogen functional groups attached to an aromatic ring is 1. The largest absolute Gasteiger partial charge is 0.383 e. The van der Waals surface area contributed by atoms with Gasteiger partial charge in [-0.25, -0.2) is 9.97 Å². The number of hydrogen-bond acceptors (Lipinski definition) is 5. The predicted octanol–water partition coefficient (Wildman–Crippen LogP) is 0.713. The van der Waals surface area contributed by atoms with E-state index in [0.717, 1.165) is 17.1 Å². The number of aryl methyl sites for hydroxylation is 1. The Morgan fingerprint density at radius 3 is 2.94 bits per heavy atom. The van der Waals surface area contributed by atoms with E-state index in [1.807, 2.05) is 26.2 Å². The Balaban J connectivity index is 2.07. The number of nitrogens with zero attached hydrogens (tertiary/aromatic N) is 4. The SMILES string of the molecule is Cc1c(N)ncnc1NCc1ccn(C)n1. The number of nitrogens with one attached hydrogen (secondary N) is 1. The van der Waals surface area contributed by atoms with Gasteiger partial charge in [-0.1, -0.05) is 0 Å². The van der Waals surface area contributed by atoms with Crippen LogP contribution in [0.3, 0.4) is 0 Å². The van der Waals surface area contributed by atoms with Crippen molar-refractivity contribution in [2.45, 2.75) is 13.5 Å². The first-order chi connectivity index (χ1) is 7.66. The van der Waals surface area contributed by atoms with Gasteiger partial charge in [-0.2, -0.15) is 5.10 Å². The van der Waals surface area contributed by atoms with E-state index in [0.29, 0.717) is 12.4 Å². The van der Waals surface area contributed by atoms with Crippen molar-refractivity contribution in [1.82, 2.24) is 19.7 Å². The van der Waals surface area contributed by atoms with Crippen molar-refractivity contribution in [1.29, 1.82) is 0 Å². The minimum absolute atomic E-state index is 0.499. The Labute approximate surface area is 93.5 Å². The molecule has 0 aliphatic rings. The lowest BCUT2D eigenvalue weighted by molar-refractivity contribution is 0.747. The van der Waals surface area contributed by atoms with Gasteiger partial charge in [0.15, 0.2) is 0 Å². The maximum atomic E-state index is 5.68. The molecule has 0 unspecified atom stereocenters. The normalized spacial score (nSPS) is 10.4. The van der Waals surface area contributed by atoms with Crippen molar-refractivity contribution < 1.29 is 0 Å². The van der Waals surface area contributed by atoms with Crippen LogP contribution in [0.5, 0.6) is 0 Å². The van der Waals surface area contributed by atoms with Gasteiger partial charge in [0, 0.05) is 18.8 Å². The summed E-state index contributed by atoms with van der Waals surface area (Å²) in [6.45, 7) is 2.51. The van der Waals surface area contributed by atoms with E-state index in [1.54, 1.807) is 4.68 Å². The Hall–Kier alpha value is -2.11. The third-order valence-corrected chi connectivity index (χ3v) is 2.33. The molecule has 3 N–H and O–H groups in total. The fourth-order valence-electron chi connectivity index (χ4n) is 1.37. The van der Waals surface area contributed by atoms with Crippen molar-refractivity contribution in [3.63, 3.8) is 0 Å². The second-order valence-corrected chi connectivity index (χ2v) is 3.57. The topological polar surface area (TPSA) is 81.6 Å². The molecule has 84 valence electrons. The first kappa shape index (κ1) is 10.4. The zero-order valence-corrected chi connectivity index (χ0v) is 9.31. The van der Waals surface area contributed by atoms with Crippen LogP contribution < -0.4 is 11.1 Å². The molecule has 2 heterocycles. The van der Waals surface area contributed by atoms with E-state index in [1.165, 1.54) is 6.33 Å². The van der Waals surface area contributed by atoms with Crippen molar-refractivity contribution in [2.75, 3.05) is 11.1 Å². The van der Waals surface area contributed by atoms with Crippen molar-refractivity contribution >= 4 is 11.6 Å². The zero-order valence-electron chi connectivity index (χ0n) is 9.31. The summed E-state index contributed by atoms with van der Waals surface area (Å²) in [6, 6.07) is 1.95. The van der Waals surface area contributed by atoms with Crippen LogP contribution in [-0.2, 0) is 13.6 Å². The number of rotatable bonds is 3. The van der Waals surface area contributed by atoms with Crippen LogP contribution in [0, 0.1) is 6.92 Å². The van der Waals surface area contributed by atoms with Crippen LogP contribution in [0.1, 0.15) is 11.3 Å². The van der Waals surface area contributed by atoms with Crippen LogP contribution >= 0.6 is 0 Å². The molecule has 2 aromatic heterocycles. The molecule has 0 spiro atoms. The zero-order chi connectivity index (χ0) is 11.5. The van der Waals surface area contributed by atoms with Crippen molar-refractivity contribution in [2.24, 2.45) is 7.05 Å². The summed E-state index contributed by atoms with van der Waals surface area (Å²) >= 11 is 0. The van der Waals surface area contributed by atoms with Gasteiger partial charge in [-0.15, -0.1) is 0 Å². The molecule has 2 aromatic rings. The molecule has 0 amide bonds. The Bertz CT molecular complexity index is 490. The summed E-state index contributed by atoms with van der Waals surface area (Å²) < 4.78 is 1.76. The molecular formula is C10H14N6. The summed E-state index contributed by atoms with van der Waals surface area (Å²) in [4.78, 5) is 8.03. The molecule has 0 atom stereocenters. The highest BCUT2D eigenvalue weighted by molar-refractivity contribution is 5.53. The molecule has 0 aromatic carbocycles. The fraction of sp³-hybridized carbons (Fsp3) is 0.300. The molecule has 2 rings (SSSR count). The lowest BCUT2D eigenvalue weighted by Crippen LogP contribution is -2.06. The van der Waals surface area contributed by atoms with Crippen molar-refractivity contribution in [3.05, 3.63) is 29.8 Å². The number of anilines is 2. The van der Waals surface area contributed by atoms with E-state index in [-0.39, 0.29) is 0 Å². The van der Waals surface area contributed by atoms with E-state index in [4.69, 9.17) is 5.73 Å². The second kappa shape index (κ2) is 4.18. The maximum Gasteiger partial charge on any atom is 0.134 e. The summed E-state index contributed by atoms with van der Waals surface area (Å²) in [5.41, 5.74) is 7.50. The molecular weight excluding hydrogens is 204 g/mol. The standard InChI is InChI=1S/C10H14N6/c1-7-9(11)13-6-14-10(7)12-5-8-3-4-16(2)15-8/h3-4,6H,5H2,1-2H3,(H3,11,12,13,14). The molecule has 0 saturated carbocycles. The van der Waals surface area contributed by atoms with Gasteiger partial charge in [0.25, 0.3) is 0 Å². The molecule has 16 heavy (non-hydrogen) atoms. The minimum Gasteiger partial charge on any atom is -0.383 e. The average Bonchev–Trinajstić information content (AvgIpc) is 2.67. The summed E-state index contributed by atoms with van der Waals surface area (Å²) in [6.07, 6.45) is 3.35. The molecule has 0 radical (unpaired) electrons. The highest BCUT2D eigenvalue weighted by Crippen LogP contribution is 2.15. The van der Waals surface area contributed by atoms with Gasteiger partial charge < -0.3 is 11.1 Å². The van der Waals surface area contributed by atoms with Gasteiger partial charge in [-0.3, -0.25) is 4.68 Å².